The standard InChI is InChI=1S/C29H24F15NO3/c1-3-17(2)15-47-22(46)13-8-18-4-9-20(10-5-18)45-14-19-6-11-21(12-7-19)48-16-23(30,31)24(32,33)25(34,35)26(36,37)27(38,39)28(40,41)29(42,43)44/h4-14,17H,3,15-16H2,1-2H3/b13-8+,45-14?. The zero-order valence-electron chi connectivity index (χ0n) is 24.4. The number of hydrogen-bond donors (Lipinski definition) is 0. The van der Waals surface area contributed by atoms with Gasteiger partial charge in [-0.05, 0) is 59.5 Å². The molecule has 0 aliphatic carbocycles. The molecule has 0 N–H and O–H groups in total. The van der Waals surface area contributed by atoms with E-state index in [4.69, 9.17) is 4.74 Å². The number of esters is 1. The van der Waals surface area contributed by atoms with Crippen LogP contribution in [0.3, 0.4) is 0 Å². The minimum atomic E-state index is -8.36. The van der Waals surface area contributed by atoms with Gasteiger partial charge in [0.2, 0.25) is 0 Å². The van der Waals surface area contributed by atoms with Crippen molar-refractivity contribution in [2.75, 3.05) is 13.2 Å². The molecule has 1 unspecified atom stereocenters. The highest BCUT2D eigenvalue weighted by Crippen LogP contribution is 2.62. The Balaban J connectivity index is 2.10. The van der Waals surface area contributed by atoms with Crippen molar-refractivity contribution in [2.24, 2.45) is 10.9 Å². The Morgan fingerprint density at radius 1 is 0.708 bits per heavy atom. The van der Waals surface area contributed by atoms with Crippen LogP contribution >= 0.6 is 0 Å². The molecule has 0 amide bonds. The summed E-state index contributed by atoms with van der Waals surface area (Å²) in [5, 5.41) is 0. The Morgan fingerprint density at radius 3 is 1.69 bits per heavy atom. The van der Waals surface area contributed by atoms with E-state index < -0.39 is 60.0 Å². The van der Waals surface area contributed by atoms with Gasteiger partial charge in [-0.15, -0.1) is 0 Å². The van der Waals surface area contributed by atoms with E-state index in [2.05, 4.69) is 9.73 Å². The van der Waals surface area contributed by atoms with Crippen molar-refractivity contribution in [3.05, 3.63) is 65.7 Å². The molecule has 0 saturated carbocycles. The summed E-state index contributed by atoms with van der Waals surface area (Å²) in [5.41, 5.74) is 1.17. The second kappa shape index (κ2) is 14.3. The molecule has 2 rings (SSSR count). The summed E-state index contributed by atoms with van der Waals surface area (Å²) in [4.78, 5) is 15.8. The molecule has 0 spiro atoms. The molecule has 1 atom stereocenters. The highest BCUT2D eigenvalue weighted by Gasteiger charge is 2.93. The van der Waals surface area contributed by atoms with Crippen LogP contribution in [0.4, 0.5) is 71.5 Å². The fraction of sp³-hybridized carbons (Fsp3) is 0.448. The largest absolute Gasteiger partial charge is 0.487 e. The van der Waals surface area contributed by atoms with Crippen molar-refractivity contribution in [1.29, 1.82) is 0 Å². The number of halogens is 15. The van der Waals surface area contributed by atoms with E-state index in [-0.39, 0.29) is 18.1 Å². The Hall–Kier alpha value is -3.93. The van der Waals surface area contributed by atoms with Crippen LogP contribution in [-0.4, -0.2) is 67.1 Å². The van der Waals surface area contributed by atoms with Crippen LogP contribution in [0.2, 0.25) is 0 Å². The summed E-state index contributed by atoms with van der Waals surface area (Å²) in [5.74, 6) is -48.2. The number of benzene rings is 2. The van der Waals surface area contributed by atoms with Crippen LogP contribution in [0.5, 0.6) is 5.75 Å². The van der Waals surface area contributed by atoms with E-state index in [1.165, 1.54) is 30.5 Å². The third-order valence-electron chi connectivity index (χ3n) is 6.57. The van der Waals surface area contributed by atoms with Crippen LogP contribution in [0.15, 0.2) is 59.6 Å². The van der Waals surface area contributed by atoms with E-state index >= 15 is 0 Å². The van der Waals surface area contributed by atoms with Crippen molar-refractivity contribution < 1.29 is 80.1 Å². The minimum Gasteiger partial charge on any atom is -0.487 e. The summed E-state index contributed by atoms with van der Waals surface area (Å²) < 4.78 is 209. The predicted octanol–water partition coefficient (Wildman–Crippen LogP) is 9.79. The van der Waals surface area contributed by atoms with Crippen molar-refractivity contribution in [1.82, 2.24) is 0 Å². The second-order valence-electron chi connectivity index (χ2n) is 10.3. The van der Waals surface area contributed by atoms with Gasteiger partial charge in [-0.2, -0.15) is 65.9 Å². The van der Waals surface area contributed by atoms with Crippen molar-refractivity contribution >= 4 is 23.9 Å². The highest BCUT2D eigenvalue weighted by molar-refractivity contribution is 5.87. The lowest BCUT2D eigenvalue weighted by Crippen LogP contribution is -2.73. The molecule has 0 bridgehead atoms. The van der Waals surface area contributed by atoms with Crippen LogP contribution in [0.25, 0.3) is 6.08 Å². The molecule has 19 heteroatoms. The zero-order chi connectivity index (χ0) is 37.0. The molecule has 2 aromatic rings. The molecule has 0 aliphatic heterocycles. The quantitative estimate of drug-likeness (QED) is 0.0798. The lowest BCUT2D eigenvalue weighted by molar-refractivity contribution is -0.453. The molecule has 0 heterocycles. The van der Waals surface area contributed by atoms with Crippen molar-refractivity contribution in [3.63, 3.8) is 0 Å². The Labute approximate surface area is 262 Å². The first kappa shape index (κ1) is 40.2. The SMILES string of the molecule is CCC(C)COC(=O)/C=C/c1ccc(N=Cc2ccc(OCC(F)(F)C(F)(F)C(F)(F)C(F)(F)C(F)(F)C(F)(F)C(F)(F)F)cc2)cc1. The van der Waals surface area contributed by atoms with Crippen molar-refractivity contribution in [2.45, 2.75) is 62.0 Å². The monoisotopic (exact) mass is 719 g/mol. The lowest BCUT2D eigenvalue weighted by atomic mass is 9.91. The molecule has 2 aromatic carbocycles. The fourth-order valence-electron chi connectivity index (χ4n) is 3.29. The smallest absolute Gasteiger partial charge is 0.460 e. The third kappa shape index (κ3) is 8.19. The fourth-order valence-corrected chi connectivity index (χ4v) is 3.29. The van der Waals surface area contributed by atoms with Gasteiger partial charge in [-0.3, -0.25) is 4.99 Å². The summed E-state index contributed by atoms with van der Waals surface area (Å²) in [6.45, 7) is 1.18. The predicted molar refractivity (Wildman–Crippen MR) is 141 cm³/mol. The van der Waals surface area contributed by atoms with Gasteiger partial charge in [0, 0.05) is 12.3 Å². The number of carbonyl (C=O) groups is 1. The Bertz CT molecular complexity index is 1440. The normalized spacial score (nSPS) is 14.9. The summed E-state index contributed by atoms with van der Waals surface area (Å²) in [7, 11) is 0. The van der Waals surface area contributed by atoms with E-state index in [1.807, 2.05) is 13.8 Å². The zero-order valence-corrected chi connectivity index (χ0v) is 24.4. The van der Waals surface area contributed by atoms with Gasteiger partial charge in [0.15, 0.2) is 6.61 Å². The highest BCUT2D eigenvalue weighted by atomic mass is 19.4. The van der Waals surface area contributed by atoms with Crippen LogP contribution in [0.1, 0.15) is 31.4 Å². The maximum Gasteiger partial charge on any atom is 0.460 e. The molecular weight excluding hydrogens is 695 g/mol. The summed E-state index contributed by atoms with van der Waals surface area (Å²) in [6, 6.07) is 9.88. The molecule has 268 valence electrons. The van der Waals surface area contributed by atoms with Crippen LogP contribution < -0.4 is 4.74 Å². The maximum atomic E-state index is 14.0. The average Bonchev–Trinajstić information content (AvgIpc) is 3.00. The molecule has 0 radical (unpaired) electrons. The number of ether oxygens (including phenoxy) is 2. The van der Waals surface area contributed by atoms with Gasteiger partial charge in [0.25, 0.3) is 0 Å². The maximum absolute atomic E-state index is 14.0. The number of carbonyl (C=O) groups excluding carboxylic acids is 1. The third-order valence-corrected chi connectivity index (χ3v) is 6.57. The first-order chi connectivity index (χ1) is 21.7. The van der Waals surface area contributed by atoms with Gasteiger partial charge >= 0.3 is 47.7 Å². The second-order valence-corrected chi connectivity index (χ2v) is 10.3. The molecule has 0 aromatic heterocycles. The van der Waals surface area contributed by atoms with Crippen LogP contribution in [0, 0.1) is 5.92 Å². The molecular formula is C29H24F15NO3. The number of alkyl halides is 15. The molecule has 4 nitrogen and oxygen atoms in total. The Kier molecular flexibility index (Phi) is 12.0. The molecule has 0 fully saturated rings. The molecule has 48 heavy (non-hydrogen) atoms. The topological polar surface area (TPSA) is 47.9 Å². The van der Waals surface area contributed by atoms with Gasteiger partial charge in [-0.1, -0.05) is 32.4 Å². The van der Waals surface area contributed by atoms with E-state index in [1.54, 1.807) is 12.1 Å². The minimum absolute atomic E-state index is 0.197. The van der Waals surface area contributed by atoms with Gasteiger partial charge < -0.3 is 9.47 Å². The first-order valence-corrected chi connectivity index (χ1v) is 13.3. The average molecular weight is 719 g/mol. The van der Waals surface area contributed by atoms with Gasteiger partial charge in [0.1, 0.15) is 5.75 Å². The number of rotatable bonds is 15. The van der Waals surface area contributed by atoms with E-state index in [0.717, 1.165) is 30.7 Å². The van der Waals surface area contributed by atoms with Gasteiger partial charge in [0.05, 0.1) is 12.3 Å². The van der Waals surface area contributed by atoms with Crippen molar-refractivity contribution in [3.8, 4) is 5.75 Å². The number of nitrogens with zero attached hydrogens (tertiary/aromatic N) is 1. The van der Waals surface area contributed by atoms with E-state index in [9.17, 15) is 70.7 Å². The Morgan fingerprint density at radius 2 is 1.19 bits per heavy atom. The van der Waals surface area contributed by atoms with Gasteiger partial charge in [-0.25, -0.2) is 4.79 Å². The first-order valence-electron chi connectivity index (χ1n) is 13.3. The number of aliphatic imine (C=N–C) groups is 1. The lowest BCUT2D eigenvalue weighted by Gasteiger charge is -2.41. The summed E-state index contributed by atoms with van der Waals surface area (Å²) in [6.07, 6.45) is -2.93. The molecule has 0 aliphatic rings. The summed E-state index contributed by atoms with van der Waals surface area (Å²) >= 11 is 0. The number of hydrogen-bond acceptors (Lipinski definition) is 4. The molecule has 0 saturated heterocycles. The van der Waals surface area contributed by atoms with Crippen LogP contribution in [-0.2, 0) is 9.53 Å². The van der Waals surface area contributed by atoms with E-state index in [0.29, 0.717) is 11.3 Å².